The number of benzene rings is 1. The van der Waals surface area contributed by atoms with E-state index in [1.54, 1.807) is 18.2 Å². The highest BCUT2D eigenvalue weighted by Gasteiger charge is 2.60. The third-order valence-corrected chi connectivity index (χ3v) is 5.98. The van der Waals surface area contributed by atoms with E-state index in [0.717, 1.165) is 11.8 Å². The van der Waals surface area contributed by atoms with Crippen molar-refractivity contribution >= 4 is 35.5 Å². The van der Waals surface area contributed by atoms with E-state index in [2.05, 4.69) is 5.32 Å². The van der Waals surface area contributed by atoms with Crippen LogP contribution >= 0.6 is 11.8 Å². The molecule has 3 N–H and O–H groups in total. The highest BCUT2D eigenvalue weighted by Crippen LogP contribution is 2.46. The number of carbonyl (C=O) groups excluding carboxylic acids is 2. The molecule has 3 rings (SSSR count). The van der Waals surface area contributed by atoms with Crippen LogP contribution in [0, 0.1) is 0 Å². The van der Waals surface area contributed by atoms with Gasteiger partial charge in [-0.1, -0.05) is 30.3 Å². The first kappa shape index (κ1) is 17.3. The van der Waals surface area contributed by atoms with Gasteiger partial charge in [0, 0.05) is 6.54 Å². The maximum absolute atomic E-state index is 12.4. The summed E-state index contributed by atoms with van der Waals surface area (Å²) in [5, 5.41) is 20.6. The number of nitrogens with zero attached hydrogens (tertiary/aromatic N) is 1. The second-order valence-corrected chi connectivity index (χ2v) is 7.80. The summed E-state index contributed by atoms with van der Waals surface area (Å²) in [5.74, 6) is -4.96. The molecule has 9 heteroatoms. The van der Waals surface area contributed by atoms with Crippen LogP contribution in [-0.4, -0.2) is 61.6 Å². The first-order valence-electron chi connectivity index (χ1n) is 7.54. The first-order chi connectivity index (χ1) is 11.7. The van der Waals surface area contributed by atoms with Crippen LogP contribution < -0.4 is 5.32 Å². The second-order valence-electron chi connectivity index (χ2n) is 6.18. The zero-order valence-electron chi connectivity index (χ0n) is 13.2. The van der Waals surface area contributed by atoms with E-state index in [0.29, 0.717) is 5.56 Å². The van der Waals surface area contributed by atoms with Crippen LogP contribution in [0.25, 0.3) is 0 Å². The molecule has 0 aromatic heterocycles. The molecule has 2 amide bonds. The third kappa shape index (κ3) is 2.84. The Morgan fingerprint density at radius 3 is 2.48 bits per heavy atom. The molecule has 0 saturated carbocycles. The molecule has 1 aromatic carbocycles. The quantitative estimate of drug-likeness (QED) is 0.500. The molecule has 0 radical (unpaired) electrons. The largest absolute Gasteiger partial charge is 0.480 e. The Labute approximate surface area is 147 Å². The van der Waals surface area contributed by atoms with Crippen molar-refractivity contribution < 1.29 is 29.4 Å². The monoisotopic (exact) mass is 364 g/mol. The van der Waals surface area contributed by atoms with Gasteiger partial charge in [0.1, 0.15) is 16.2 Å². The Morgan fingerprint density at radius 2 is 1.92 bits per heavy atom. The minimum atomic E-state index is -1.43. The van der Waals surface area contributed by atoms with Gasteiger partial charge in [-0.05, 0) is 12.5 Å². The molecule has 132 valence electrons. The number of rotatable bonds is 5. The number of carboxylic acid groups (broad SMARTS) is 2. The van der Waals surface area contributed by atoms with Crippen molar-refractivity contribution in [1.82, 2.24) is 10.2 Å². The fourth-order valence-corrected chi connectivity index (χ4v) is 4.47. The van der Waals surface area contributed by atoms with E-state index in [1.807, 2.05) is 0 Å². The van der Waals surface area contributed by atoms with Crippen LogP contribution in [0.3, 0.4) is 0 Å². The zero-order valence-corrected chi connectivity index (χ0v) is 14.0. The minimum absolute atomic E-state index is 0.0594. The van der Waals surface area contributed by atoms with Crippen LogP contribution in [-0.2, 0) is 19.2 Å². The summed E-state index contributed by atoms with van der Waals surface area (Å²) in [6.07, 6.45) is 0. The maximum atomic E-state index is 12.4. The molecule has 4 atom stereocenters. The van der Waals surface area contributed by atoms with Gasteiger partial charge in [0.2, 0.25) is 11.8 Å². The summed E-state index contributed by atoms with van der Waals surface area (Å²) in [4.78, 5) is 48.8. The summed E-state index contributed by atoms with van der Waals surface area (Å²) >= 11 is 1.08. The average Bonchev–Trinajstić information content (AvgIpc) is 2.89. The second kappa shape index (κ2) is 6.07. The molecule has 8 nitrogen and oxygen atoms in total. The summed E-state index contributed by atoms with van der Waals surface area (Å²) < 4.78 is -1.13. The lowest BCUT2D eigenvalue weighted by molar-refractivity contribution is -0.152. The Hall–Kier alpha value is -2.55. The Bertz CT molecular complexity index is 754. The molecule has 3 unspecified atom stereocenters. The normalized spacial score (nSPS) is 28.7. The van der Waals surface area contributed by atoms with Crippen molar-refractivity contribution in [2.24, 2.45) is 0 Å². The molecular weight excluding hydrogens is 348 g/mol. The van der Waals surface area contributed by atoms with E-state index < -0.39 is 45.8 Å². The molecule has 0 spiro atoms. The van der Waals surface area contributed by atoms with Crippen LogP contribution in [0.1, 0.15) is 18.4 Å². The summed E-state index contributed by atoms with van der Waals surface area (Å²) in [7, 11) is 0. The Balaban J connectivity index is 1.74. The summed E-state index contributed by atoms with van der Waals surface area (Å²) in [6.45, 7) is 1.58. The fraction of sp³-hybridized carbons (Fsp3) is 0.375. The standard InChI is InChI=1S/C16H16N2O6S/c1-16(15(23)24)7-18-12(20)10(13(18)25-16)17-11(19)9(14(21)22)8-5-3-2-4-6-8/h2-6,9-10,13H,7H2,1H3,(H,17,19)(H,21,22)(H,23,24)/t9?,10?,13-,16?/m1/s1. The van der Waals surface area contributed by atoms with Crippen molar-refractivity contribution in [2.45, 2.75) is 29.0 Å². The van der Waals surface area contributed by atoms with E-state index >= 15 is 0 Å². The van der Waals surface area contributed by atoms with Crippen LogP contribution in [0.5, 0.6) is 0 Å². The SMILES string of the molecule is CC1(C(=O)O)CN2C(=O)C(NC(=O)C(C(=O)O)c3ccccc3)[C@H]2S1. The fourth-order valence-electron chi connectivity index (χ4n) is 2.99. The number of carboxylic acids is 2. The van der Waals surface area contributed by atoms with Gasteiger partial charge in [-0.2, -0.15) is 0 Å². The number of carbonyl (C=O) groups is 4. The minimum Gasteiger partial charge on any atom is -0.480 e. The van der Waals surface area contributed by atoms with Crippen LogP contribution in [0.2, 0.25) is 0 Å². The van der Waals surface area contributed by atoms with Gasteiger partial charge in [0.25, 0.3) is 0 Å². The lowest BCUT2D eigenvalue weighted by atomic mass is 9.97. The zero-order chi connectivity index (χ0) is 18.4. The molecule has 0 aliphatic carbocycles. The topological polar surface area (TPSA) is 124 Å². The first-order valence-corrected chi connectivity index (χ1v) is 8.42. The van der Waals surface area contributed by atoms with Crippen LogP contribution in [0.15, 0.2) is 30.3 Å². The number of hydrogen-bond acceptors (Lipinski definition) is 5. The third-order valence-electron chi connectivity index (χ3n) is 4.39. The molecule has 2 aliphatic heterocycles. The lowest BCUT2D eigenvalue weighted by Crippen LogP contribution is -2.67. The molecule has 1 aromatic rings. The lowest BCUT2D eigenvalue weighted by Gasteiger charge is -2.41. The van der Waals surface area contributed by atoms with Gasteiger partial charge in [-0.25, -0.2) is 0 Å². The van der Waals surface area contributed by atoms with Gasteiger partial charge >= 0.3 is 11.9 Å². The number of thioether (sulfide) groups is 1. The Kier molecular flexibility index (Phi) is 4.19. The number of fused-ring (bicyclic) bond motifs is 1. The van der Waals surface area contributed by atoms with Gasteiger partial charge in [0.15, 0.2) is 5.92 Å². The van der Waals surface area contributed by atoms with E-state index in [4.69, 9.17) is 0 Å². The highest BCUT2D eigenvalue weighted by atomic mass is 32.2. The van der Waals surface area contributed by atoms with Crippen molar-refractivity contribution in [3.05, 3.63) is 35.9 Å². The maximum Gasteiger partial charge on any atom is 0.321 e. The smallest absolute Gasteiger partial charge is 0.321 e. The van der Waals surface area contributed by atoms with Gasteiger partial charge < -0.3 is 20.4 Å². The number of amides is 2. The molecule has 25 heavy (non-hydrogen) atoms. The summed E-state index contributed by atoms with van der Waals surface area (Å²) in [6, 6.07) is 7.09. The molecular formula is C16H16N2O6S. The summed E-state index contributed by atoms with van der Waals surface area (Å²) in [5.41, 5.74) is 0.311. The van der Waals surface area contributed by atoms with Gasteiger partial charge in [-0.15, -0.1) is 11.8 Å². The number of aliphatic carboxylic acids is 2. The predicted octanol–water partition coefficient (Wildman–Crippen LogP) is 0.0980. The van der Waals surface area contributed by atoms with Gasteiger partial charge in [-0.3, -0.25) is 19.2 Å². The predicted molar refractivity (Wildman–Crippen MR) is 87.9 cm³/mol. The average molecular weight is 364 g/mol. The molecule has 0 bridgehead atoms. The van der Waals surface area contributed by atoms with Crippen molar-refractivity contribution in [3.63, 3.8) is 0 Å². The number of hydrogen-bond donors (Lipinski definition) is 3. The molecule has 2 heterocycles. The highest BCUT2D eigenvalue weighted by molar-refractivity contribution is 8.02. The molecule has 2 saturated heterocycles. The van der Waals surface area contributed by atoms with Crippen molar-refractivity contribution in [3.8, 4) is 0 Å². The van der Waals surface area contributed by atoms with E-state index in [-0.39, 0.29) is 6.54 Å². The van der Waals surface area contributed by atoms with Crippen molar-refractivity contribution in [1.29, 1.82) is 0 Å². The molecule has 2 fully saturated rings. The Morgan fingerprint density at radius 1 is 1.28 bits per heavy atom. The molecule has 2 aliphatic rings. The number of nitrogens with one attached hydrogen (secondary N) is 1. The van der Waals surface area contributed by atoms with E-state index in [1.165, 1.54) is 24.0 Å². The number of β-lactam (4-membered cyclic amide) rings is 1. The van der Waals surface area contributed by atoms with E-state index in [9.17, 15) is 29.4 Å². The van der Waals surface area contributed by atoms with Gasteiger partial charge in [0.05, 0.1) is 0 Å². The van der Waals surface area contributed by atoms with Crippen LogP contribution in [0.4, 0.5) is 0 Å². The van der Waals surface area contributed by atoms with Crippen molar-refractivity contribution in [2.75, 3.05) is 6.54 Å².